The molecule has 0 fully saturated rings. The van der Waals surface area contributed by atoms with Crippen LogP contribution in [0.2, 0.25) is 5.02 Å². The average molecular weight is 463 g/mol. The summed E-state index contributed by atoms with van der Waals surface area (Å²) in [7, 11) is 0. The number of fused-ring (bicyclic) bond motifs is 1. The SMILES string of the molecule is NC(=O)[C@@H]1Cc2ccccc2CN1CC(=O)N1N=C(c2ccc(Cl)cc2)C[C@@H]1c1ccco1. The third-order valence-electron chi connectivity index (χ3n) is 6.23. The predicted molar refractivity (Wildman–Crippen MR) is 124 cm³/mol. The van der Waals surface area contributed by atoms with Gasteiger partial charge in [0.25, 0.3) is 5.91 Å². The van der Waals surface area contributed by atoms with Gasteiger partial charge in [0.1, 0.15) is 11.8 Å². The maximum Gasteiger partial charge on any atom is 0.257 e. The molecule has 0 saturated heterocycles. The number of benzene rings is 2. The second-order valence-electron chi connectivity index (χ2n) is 8.32. The molecule has 2 aliphatic rings. The number of amides is 2. The van der Waals surface area contributed by atoms with Crippen LogP contribution in [0.25, 0.3) is 0 Å². The Hall–Kier alpha value is -3.42. The quantitative estimate of drug-likeness (QED) is 0.627. The highest BCUT2D eigenvalue weighted by molar-refractivity contribution is 6.30. The third-order valence-corrected chi connectivity index (χ3v) is 6.48. The molecule has 0 spiro atoms. The Labute approximate surface area is 196 Å². The Bertz CT molecular complexity index is 1210. The monoisotopic (exact) mass is 462 g/mol. The van der Waals surface area contributed by atoms with Crippen LogP contribution in [0.15, 0.2) is 76.4 Å². The first-order valence-electron chi connectivity index (χ1n) is 10.8. The molecule has 3 heterocycles. The van der Waals surface area contributed by atoms with Crippen LogP contribution in [-0.4, -0.2) is 40.0 Å². The maximum atomic E-state index is 13.5. The maximum absolute atomic E-state index is 13.5. The Morgan fingerprint density at radius 1 is 1.03 bits per heavy atom. The van der Waals surface area contributed by atoms with Gasteiger partial charge in [-0.25, -0.2) is 5.01 Å². The molecule has 0 aliphatic carbocycles. The summed E-state index contributed by atoms with van der Waals surface area (Å²) in [5, 5.41) is 6.77. The lowest BCUT2D eigenvalue weighted by Crippen LogP contribution is -2.51. The molecule has 2 N–H and O–H groups in total. The van der Waals surface area contributed by atoms with E-state index in [1.165, 1.54) is 5.01 Å². The van der Waals surface area contributed by atoms with E-state index in [4.69, 9.17) is 21.8 Å². The molecule has 7 nitrogen and oxygen atoms in total. The van der Waals surface area contributed by atoms with Gasteiger partial charge in [-0.3, -0.25) is 14.5 Å². The van der Waals surface area contributed by atoms with Gasteiger partial charge in [-0.05, 0) is 47.4 Å². The van der Waals surface area contributed by atoms with E-state index in [9.17, 15) is 9.59 Å². The molecular formula is C25H23ClN4O3. The molecule has 2 amide bonds. The highest BCUT2D eigenvalue weighted by Crippen LogP contribution is 2.34. The second kappa shape index (κ2) is 8.84. The van der Waals surface area contributed by atoms with E-state index < -0.39 is 11.9 Å². The summed E-state index contributed by atoms with van der Waals surface area (Å²) in [5.41, 5.74) is 9.55. The fourth-order valence-corrected chi connectivity index (χ4v) is 4.66. The number of nitrogens with zero attached hydrogens (tertiary/aromatic N) is 3. The van der Waals surface area contributed by atoms with Gasteiger partial charge in [0, 0.05) is 18.0 Å². The molecule has 2 aliphatic heterocycles. The van der Waals surface area contributed by atoms with Crippen LogP contribution in [0.4, 0.5) is 0 Å². The molecule has 8 heteroatoms. The molecule has 0 unspecified atom stereocenters. The first-order chi connectivity index (χ1) is 16.0. The van der Waals surface area contributed by atoms with E-state index in [1.54, 1.807) is 24.5 Å². The molecule has 2 aromatic carbocycles. The van der Waals surface area contributed by atoms with E-state index in [0.717, 1.165) is 22.4 Å². The van der Waals surface area contributed by atoms with Crippen LogP contribution >= 0.6 is 11.6 Å². The number of carbonyl (C=O) groups is 2. The van der Waals surface area contributed by atoms with Crippen LogP contribution in [0.5, 0.6) is 0 Å². The number of rotatable bonds is 5. The molecule has 0 radical (unpaired) electrons. The van der Waals surface area contributed by atoms with E-state index in [2.05, 4.69) is 5.10 Å². The van der Waals surface area contributed by atoms with Crippen molar-refractivity contribution < 1.29 is 14.0 Å². The van der Waals surface area contributed by atoms with Crippen molar-refractivity contribution in [3.05, 3.63) is 94.4 Å². The molecule has 0 saturated carbocycles. The zero-order valence-corrected chi connectivity index (χ0v) is 18.6. The largest absolute Gasteiger partial charge is 0.467 e. The summed E-state index contributed by atoms with van der Waals surface area (Å²) in [6.45, 7) is 0.499. The molecule has 33 heavy (non-hydrogen) atoms. The zero-order valence-electron chi connectivity index (χ0n) is 17.9. The van der Waals surface area contributed by atoms with E-state index >= 15 is 0 Å². The number of nitrogens with two attached hydrogens (primary N) is 1. The Morgan fingerprint density at radius 2 is 1.79 bits per heavy atom. The summed E-state index contributed by atoms with van der Waals surface area (Å²) in [5.74, 6) is 0.00385. The minimum absolute atomic E-state index is 0.0244. The van der Waals surface area contributed by atoms with Crippen molar-refractivity contribution in [3.8, 4) is 0 Å². The van der Waals surface area contributed by atoms with Crippen molar-refractivity contribution in [2.45, 2.75) is 31.5 Å². The number of primary amides is 1. The van der Waals surface area contributed by atoms with Gasteiger partial charge in [-0.2, -0.15) is 5.10 Å². The first-order valence-corrected chi connectivity index (χ1v) is 11.2. The third kappa shape index (κ3) is 4.29. The topological polar surface area (TPSA) is 92.1 Å². The first kappa shape index (κ1) is 21.4. The minimum Gasteiger partial charge on any atom is -0.467 e. The van der Waals surface area contributed by atoms with Gasteiger partial charge in [0.15, 0.2) is 0 Å². The normalized spacial score (nSPS) is 20.4. The van der Waals surface area contributed by atoms with Crippen LogP contribution in [0.3, 0.4) is 0 Å². The zero-order chi connectivity index (χ0) is 22.9. The number of hydrogen-bond acceptors (Lipinski definition) is 5. The summed E-state index contributed by atoms with van der Waals surface area (Å²) >= 11 is 6.03. The van der Waals surface area contributed by atoms with E-state index in [-0.39, 0.29) is 18.5 Å². The fourth-order valence-electron chi connectivity index (χ4n) is 4.53. The fraction of sp³-hybridized carbons (Fsp3) is 0.240. The lowest BCUT2D eigenvalue weighted by atomic mass is 9.93. The number of hydrazone groups is 1. The molecule has 0 bridgehead atoms. The van der Waals surface area contributed by atoms with Crippen LogP contribution in [0.1, 0.15) is 34.9 Å². The lowest BCUT2D eigenvalue weighted by molar-refractivity contribution is -0.136. The van der Waals surface area contributed by atoms with Crippen LogP contribution < -0.4 is 5.73 Å². The van der Waals surface area contributed by atoms with E-state index in [1.807, 2.05) is 47.4 Å². The van der Waals surface area contributed by atoms with Gasteiger partial charge >= 0.3 is 0 Å². The average Bonchev–Trinajstić information content (AvgIpc) is 3.49. The van der Waals surface area contributed by atoms with Crippen molar-refractivity contribution in [3.63, 3.8) is 0 Å². The number of hydrogen-bond donors (Lipinski definition) is 1. The molecule has 3 aromatic rings. The van der Waals surface area contributed by atoms with Gasteiger partial charge in [0.2, 0.25) is 5.91 Å². The van der Waals surface area contributed by atoms with Crippen molar-refractivity contribution >= 4 is 29.1 Å². The predicted octanol–water partition coefficient (Wildman–Crippen LogP) is 3.52. The van der Waals surface area contributed by atoms with Crippen molar-refractivity contribution in [2.24, 2.45) is 10.8 Å². The van der Waals surface area contributed by atoms with E-state index in [0.29, 0.717) is 30.2 Å². The van der Waals surface area contributed by atoms with Gasteiger partial charge in [-0.1, -0.05) is 48.0 Å². The van der Waals surface area contributed by atoms with Crippen molar-refractivity contribution in [2.75, 3.05) is 6.54 Å². The van der Waals surface area contributed by atoms with Crippen LogP contribution in [-0.2, 0) is 22.6 Å². The minimum atomic E-state index is -0.548. The molecule has 2 atom stereocenters. The summed E-state index contributed by atoms with van der Waals surface area (Å²) in [6.07, 6.45) is 2.59. The highest BCUT2D eigenvalue weighted by Gasteiger charge is 2.38. The Balaban J connectivity index is 1.42. The summed E-state index contributed by atoms with van der Waals surface area (Å²) < 4.78 is 5.62. The molecule has 5 rings (SSSR count). The van der Waals surface area contributed by atoms with Crippen LogP contribution in [0, 0.1) is 0 Å². The number of carbonyl (C=O) groups excluding carboxylic acids is 2. The standard InChI is InChI=1S/C25H23ClN4O3/c26-19-9-7-16(8-10-19)20-13-21(23-6-3-11-33-23)30(28-20)24(31)15-29-14-18-5-2-1-4-17(18)12-22(29)25(27)32/h1-11,21-22H,12-15H2,(H2,27,32)/t21-,22+/m1/s1. The molecular weight excluding hydrogens is 440 g/mol. The van der Waals surface area contributed by atoms with Gasteiger partial charge in [0.05, 0.1) is 24.6 Å². The summed E-state index contributed by atoms with van der Waals surface area (Å²) in [6, 6.07) is 18.0. The smallest absolute Gasteiger partial charge is 0.257 e. The number of halogens is 1. The lowest BCUT2D eigenvalue weighted by Gasteiger charge is -2.35. The van der Waals surface area contributed by atoms with Gasteiger partial charge < -0.3 is 10.2 Å². The van der Waals surface area contributed by atoms with Crippen molar-refractivity contribution in [1.29, 1.82) is 0 Å². The summed E-state index contributed by atoms with van der Waals surface area (Å²) in [4.78, 5) is 27.5. The molecule has 168 valence electrons. The Kier molecular flexibility index (Phi) is 5.74. The second-order valence-corrected chi connectivity index (χ2v) is 8.76. The highest BCUT2D eigenvalue weighted by atomic mass is 35.5. The molecule has 1 aromatic heterocycles. The Morgan fingerprint density at radius 3 is 2.48 bits per heavy atom. The van der Waals surface area contributed by atoms with Crippen molar-refractivity contribution in [1.82, 2.24) is 9.91 Å². The van der Waals surface area contributed by atoms with Gasteiger partial charge in [-0.15, -0.1) is 0 Å². The number of furan rings is 1.